The number of hydrogen-bond donors (Lipinski definition) is 0. The first-order valence-electron chi connectivity index (χ1n) is 4.24. The summed E-state index contributed by atoms with van der Waals surface area (Å²) >= 11 is -1.17. The first-order valence-corrected chi connectivity index (χ1v) is 8.66. The normalized spacial score (nSPS) is 10.8. The van der Waals surface area contributed by atoms with Crippen molar-refractivity contribution in [2.75, 3.05) is 0 Å². The van der Waals surface area contributed by atoms with Gasteiger partial charge in [-0.3, -0.25) is 0 Å². The summed E-state index contributed by atoms with van der Waals surface area (Å²) in [5.41, 5.74) is 0. The van der Waals surface area contributed by atoms with Gasteiger partial charge < -0.3 is 0 Å². The summed E-state index contributed by atoms with van der Waals surface area (Å²) in [7, 11) is 0. The van der Waals surface area contributed by atoms with E-state index in [-0.39, 0.29) is 17.4 Å². The topological polar surface area (TPSA) is 0 Å². The van der Waals surface area contributed by atoms with Crippen molar-refractivity contribution in [1.29, 1.82) is 0 Å². The molecule has 0 atom stereocenters. The quantitative estimate of drug-likeness (QED) is 0.625. The van der Waals surface area contributed by atoms with Crippen LogP contribution in [-0.2, 0) is 33.9 Å². The molecule has 10 heavy (non-hydrogen) atoms. The van der Waals surface area contributed by atoms with Crippen molar-refractivity contribution in [3.63, 3.8) is 0 Å². The van der Waals surface area contributed by atoms with Crippen LogP contribution in [0.5, 0.6) is 0 Å². The fourth-order valence-corrected chi connectivity index (χ4v) is 6.18. The third kappa shape index (κ3) is 3.58. The number of hydrogen-bond acceptors (Lipinski definition) is 0. The molecule has 0 aliphatic heterocycles. The minimum atomic E-state index is -1.17. The van der Waals surface area contributed by atoms with Crippen molar-refractivity contribution in [2.45, 2.75) is 46.6 Å². The molecule has 0 aromatic rings. The summed E-state index contributed by atoms with van der Waals surface area (Å²) in [6.45, 7) is 9.54. The molecule has 0 aromatic heterocycles. The molecule has 0 radical (unpaired) electrons. The summed E-state index contributed by atoms with van der Waals surface area (Å²) in [5.74, 6) is 0. The van der Waals surface area contributed by atoms with E-state index < -0.39 is 16.6 Å². The fourth-order valence-electron chi connectivity index (χ4n) is 1.50. The van der Waals surface area contributed by atoms with Crippen LogP contribution in [0.15, 0.2) is 0 Å². The van der Waals surface area contributed by atoms with Crippen LogP contribution in [0.1, 0.15) is 27.7 Å². The van der Waals surface area contributed by atoms with Gasteiger partial charge in [-0.15, -0.1) is 0 Å². The smallest absolute Gasteiger partial charge is 0 e. The van der Waals surface area contributed by atoms with Crippen LogP contribution in [-0.4, -0.2) is 0 Å². The molecule has 0 bridgehead atoms. The van der Waals surface area contributed by atoms with Crippen LogP contribution < -0.4 is 0 Å². The second kappa shape index (κ2) is 6.93. The van der Waals surface area contributed by atoms with E-state index in [4.69, 9.17) is 0 Å². The Kier molecular flexibility index (Phi) is 9.57. The average molecular weight is 216 g/mol. The summed E-state index contributed by atoms with van der Waals surface area (Å²) in [6, 6.07) is 0. The Bertz CT molecular complexity index is 52.1. The van der Waals surface area contributed by atoms with Gasteiger partial charge in [0.1, 0.15) is 0 Å². The van der Waals surface area contributed by atoms with Gasteiger partial charge in [0, 0.05) is 17.4 Å². The molecule has 0 aromatic carbocycles. The van der Waals surface area contributed by atoms with E-state index in [1.165, 1.54) is 18.9 Å². The van der Waals surface area contributed by atoms with E-state index in [0.29, 0.717) is 0 Å². The average Bonchev–Trinajstić information content (AvgIpc) is 1.95. The largest absolute Gasteiger partial charge is 0 e. The summed E-state index contributed by atoms with van der Waals surface area (Å²) in [5, 5.41) is 0. The van der Waals surface area contributed by atoms with Gasteiger partial charge in [-0.2, -0.15) is 0 Å². The SMILES string of the molecule is C[CH2][Ti]([CH2]C)([CH2]C)[CH2]C.[Cr]. The third-order valence-corrected chi connectivity index (χ3v) is 12.4. The molecule has 0 saturated heterocycles. The molecule has 0 aliphatic carbocycles. The molecule has 0 spiro atoms. The van der Waals surface area contributed by atoms with Gasteiger partial charge in [0.05, 0.1) is 0 Å². The van der Waals surface area contributed by atoms with Gasteiger partial charge in [-0.25, -0.2) is 0 Å². The Morgan fingerprint density at radius 3 is 0.900 bits per heavy atom. The molecule has 0 nitrogen and oxygen atoms in total. The van der Waals surface area contributed by atoms with Crippen molar-refractivity contribution < 1.29 is 33.9 Å². The van der Waals surface area contributed by atoms with Gasteiger partial charge in [0.2, 0.25) is 0 Å². The van der Waals surface area contributed by atoms with Crippen molar-refractivity contribution in [1.82, 2.24) is 0 Å². The molecule has 0 rings (SSSR count). The molecular weight excluding hydrogens is 196 g/mol. The van der Waals surface area contributed by atoms with E-state index in [9.17, 15) is 0 Å². The fraction of sp³-hybridized carbons (Fsp3) is 1.00. The molecule has 0 N–H and O–H groups in total. The van der Waals surface area contributed by atoms with Crippen molar-refractivity contribution >= 4 is 0 Å². The Hall–Kier alpha value is 1.25. The maximum absolute atomic E-state index is 2.39. The second-order valence-electron chi connectivity index (χ2n) is 2.91. The minimum Gasteiger partial charge on any atom is 0 e. The van der Waals surface area contributed by atoms with E-state index in [0.717, 1.165) is 0 Å². The molecule has 0 aliphatic rings. The van der Waals surface area contributed by atoms with Crippen LogP contribution in [0.3, 0.4) is 0 Å². The van der Waals surface area contributed by atoms with Gasteiger partial charge in [0.15, 0.2) is 0 Å². The van der Waals surface area contributed by atoms with E-state index >= 15 is 0 Å². The van der Waals surface area contributed by atoms with E-state index in [1.54, 1.807) is 0 Å². The maximum atomic E-state index is 2.39. The zero-order valence-corrected chi connectivity index (χ0v) is 10.6. The van der Waals surface area contributed by atoms with Crippen LogP contribution in [0.4, 0.5) is 0 Å². The third-order valence-electron chi connectivity index (χ3n) is 3.00. The molecule has 0 heterocycles. The maximum Gasteiger partial charge on any atom is 0 e. The molecule has 0 amide bonds. The molecule has 0 saturated carbocycles. The van der Waals surface area contributed by atoms with Crippen molar-refractivity contribution in [3.8, 4) is 0 Å². The van der Waals surface area contributed by atoms with Gasteiger partial charge >= 0.3 is 63.2 Å². The number of rotatable bonds is 4. The first-order chi connectivity index (χ1) is 4.24. The minimum absolute atomic E-state index is 0. The molecule has 62 valence electrons. The summed E-state index contributed by atoms with van der Waals surface area (Å²) < 4.78 is 6.12. The molecule has 2 heteroatoms. The summed E-state index contributed by atoms with van der Waals surface area (Å²) in [4.78, 5) is 0. The first kappa shape index (κ1) is 13.8. The predicted octanol–water partition coefficient (Wildman–Crippen LogP) is 3.89. The Balaban J connectivity index is 0. The van der Waals surface area contributed by atoms with Crippen molar-refractivity contribution in [2.24, 2.45) is 0 Å². The van der Waals surface area contributed by atoms with Crippen LogP contribution in [0, 0.1) is 0 Å². The predicted molar refractivity (Wildman–Crippen MR) is 41.9 cm³/mol. The standard InChI is InChI=1S/4C2H5.Cr.Ti/c4*1-2;;/h4*1H2,2H3;;. The van der Waals surface area contributed by atoms with Crippen LogP contribution >= 0.6 is 0 Å². The van der Waals surface area contributed by atoms with Gasteiger partial charge in [0.25, 0.3) is 0 Å². The van der Waals surface area contributed by atoms with E-state index in [2.05, 4.69) is 27.7 Å². The second-order valence-corrected chi connectivity index (χ2v) is 12.0. The monoisotopic (exact) mass is 216 g/mol. The molecule has 0 unspecified atom stereocenters. The van der Waals surface area contributed by atoms with Gasteiger partial charge in [-0.05, 0) is 0 Å². The van der Waals surface area contributed by atoms with Gasteiger partial charge in [-0.1, -0.05) is 0 Å². The Labute approximate surface area is 80.3 Å². The van der Waals surface area contributed by atoms with Crippen molar-refractivity contribution in [3.05, 3.63) is 0 Å². The molecule has 0 fully saturated rings. The zero-order chi connectivity index (χ0) is 7.33. The van der Waals surface area contributed by atoms with E-state index in [1.807, 2.05) is 0 Å². The Morgan fingerprint density at radius 1 is 0.700 bits per heavy atom. The Morgan fingerprint density at radius 2 is 0.900 bits per heavy atom. The van der Waals surface area contributed by atoms with Crippen LogP contribution in [0.25, 0.3) is 0 Å². The van der Waals surface area contributed by atoms with Crippen LogP contribution in [0.2, 0.25) is 18.9 Å². The summed E-state index contributed by atoms with van der Waals surface area (Å²) in [6.07, 6.45) is 0. The zero-order valence-electron chi connectivity index (χ0n) is 7.74. The molecular formula is C8H20CrTi.